The summed E-state index contributed by atoms with van der Waals surface area (Å²) in [7, 11) is 0. The minimum absolute atomic E-state index is 0.0494. The van der Waals surface area contributed by atoms with Gasteiger partial charge in [-0.05, 0) is 65.7 Å². The minimum Gasteiger partial charge on any atom is -0.459 e. The maximum absolute atomic E-state index is 13.1. The van der Waals surface area contributed by atoms with Crippen molar-refractivity contribution in [1.29, 1.82) is 0 Å². The zero-order valence-corrected chi connectivity index (χ0v) is 17.9. The molecule has 0 unspecified atom stereocenters. The van der Waals surface area contributed by atoms with Crippen LogP contribution in [0.5, 0.6) is 0 Å². The van der Waals surface area contributed by atoms with Gasteiger partial charge in [0.15, 0.2) is 5.41 Å². The van der Waals surface area contributed by atoms with Gasteiger partial charge in [0.05, 0.1) is 0 Å². The Kier molecular flexibility index (Phi) is 5.66. The Morgan fingerprint density at radius 1 is 0.963 bits per heavy atom. The van der Waals surface area contributed by atoms with Crippen LogP contribution in [0.3, 0.4) is 0 Å². The van der Waals surface area contributed by atoms with Crippen molar-refractivity contribution < 1.29 is 23.9 Å². The van der Waals surface area contributed by atoms with Gasteiger partial charge in [-0.25, -0.2) is 0 Å². The number of rotatable bonds is 2. The molecule has 2 aliphatic carbocycles. The van der Waals surface area contributed by atoms with E-state index in [1.165, 1.54) is 0 Å². The smallest absolute Gasteiger partial charge is 0.324 e. The molecule has 0 N–H and O–H groups in total. The second-order valence-electron chi connectivity index (χ2n) is 10.2. The van der Waals surface area contributed by atoms with Gasteiger partial charge in [0.25, 0.3) is 0 Å². The molecule has 1 fully saturated rings. The Morgan fingerprint density at radius 2 is 1.44 bits per heavy atom. The third kappa shape index (κ3) is 4.61. The molecule has 4 atom stereocenters. The third-order valence-electron chi connectivity index (χ3n) is 5.53. The lowest BCUT2D eigenvalue weighted by molar-refractivity contribution is -0.191. The highest BCUT2D eigenvalue weighted by Crippen LogP contribution is 2.49. The number of hydrogen-bond acceptors (Lipinski definition) is 5. The maximum atomic E-state index is 13.1. The largest absolute Gasteiger partial charge is 0.459 e. The zero-order valence-electron chi connectivity index (χ0n) is 17.9. The van der Waals surface area contributed by atoms with Crippen LogP contribution in [-0.4, -0.2) is 28.9 Å². The van der Waals surface area contributed by atoms with Gasteiger partial charge in [0.1, 0.15) is 17.0 Å². The van der Waals surface area contributed by atoms with Gasteiger partial charge < -0.3 is 9.47 Å². The molecule has 0 saturated heterocycles. The summed E-state index contributed by atoms with van der Waals surface area (Å²) >= 11 is 0. The van der Waals surface area contributed by atoms with E-state index in [1.54, 1.807) is 41.5 Å². The summed E-state index contributed by atoms with van der Waals surface area (Å²) in [6.07, 6.45) is 4.18. The first-order valence-corrected chi connectivity index (χ1v) is 9.84. The van der Waals surface area contributed by atoms with Crippen molar-refractivity contribution in [3.63, 3.8) is 0 Å². The lowest BCUT2D eigenvalue weighted by atomic mass is 9.58. The molecule has 0 aromatic carbocycles. The standard InChI is InChI=1S/C22H34O5/c1-13-9-10-15-11-22(18(24)26-20(3,4)5,19(25)27-21(6,7)8)12-16(23)17(15)14(13)2/h9-10,13-15,17H,11-12H2,1-8H3/t13-,14-,15-,17+/m0/s1. The molecule has 0 aromatic heterocycles. The first-order valence-electron chi connectivity index (χ1n) is 9.84. The van der Waals surface area contributed by atoms with Crippen LogP contribution in [0.25, 0.3) is 0 Å². The average Bonchev–Trinajstić information content (AvgIpc) is 2.46. The predicted molar refractivity (Wildman–Crippen MR) is 103 cm³/mol. The molecule has 0 aromatic rings. The van der Waals surface area contributed by atoms with Gasteiger partial charge in [-0.1, -0.05) is 26.0 Å². The first kappa shape index (κ1) is 21.6. The maximum Gasteiger partial charge on any atom is 0.324 e. The fourth-order valence-corrected chi connectivity index (χ4v) is 4.09. The van der Waals surface area contributed by atoms with Crippen molar-refractivity contribution in [3.8, 4) is 0 Å². The number of esters is 2. The van der Waals surface area contributed by atoms with Gasteiger partial charge >= 0.3 is 11.9 Å². The number of Topliss-reactive ketones (excluding diaryl/α,β-unsaturated/α-hetero) is 1. The monoisotopic (exact) mass is 378 g/mol. The number of ketones is 1. The first-order chi connectivity index (χ1) is 12.2. The van der Waals surface area contributed by atoms with Crippen molar-refractivity contribution in [1.82, 2.24) is 0 Å². The molecule has 0 amide bonds. The van der Waals surface area contributed by atoms with Crippen LogP contribution in [0.1, 0.15) is 68.2 Å². The summed E-state index contributed by atoms with van der Waals surface area (Å²) in [4.78, 5) is 39.3. The van der Waals surface area contributed by atoms with Crippen molar-refractivity contribution in [2.45, 2.75) is 79.4 Å². The van der Waals surface area contributed by atoms with Crippen LogP contribution >= 0.6 is 0 Å². The van der Waals surface area contributed by atoms with E-state index in [0.29, 0.717) is 5.92 Å². The Balaban J connectivity index is 2.45. The molecule has 0 aliphatic heterocycles. The van der Waals surface area contributed by atoms with Crippen LogP contribution in [0.15, 0.2) is 12.2 Å². The molecular formula is C22H34O5. The highest BCUT2D eigenvalue weighted by atomic mass is 16.6. The van der Waals surface area contributed by atoms with E-state index in [0.717, 1.165) is 0 Å². The molecule has 0 bridgehead atoms. The Hall–Kier alpha value is -1.65. The summed E-state index contributed by atoms with van der Waals surface area (Å²) in [6, 6.07) is 0. The number of carbonyl (C=O) groups excluding carboxylic acids is 3. The summed E-state index contributed by atoms with van der Waals surface area (Å²) < 4.78 is 11.2. The molecule has 152 valence electrons. The number of hydrogen-bond donors (Lipinski definition) is 0. The lowest BCUT2D eigenvalue weighted by Crippen LogP contribution is -2.54. The van der Waals surface area contributed by atoms with Gasteiger partial charge in [-0.3, -0.25) is 14.4 Å². The van der Waals surface area contributed by atoms with E-state index < -0.39 is 28.6 Å². The van der Waals surface area contributed by atoms with Gasteiger partial charge in [0.2, 0.25) is 0 Å². The van der Waals surface area contributed by atoms with Crippen LogP contribution < -0.4 is 0 Å². The van der Waals surface area contributed by atoms with Crippen LogP contribution in [0, 0.1) is 29.1 Å². The Morgan fingerprint density at radius 3 is 1.89 bits per heavy atom. The molecular weight excluding hydrogens is 344 g/mol. The molecule has 5 nitrogen and oxygen atoms in total. The summed E-state index contributed by atoms with van der Waals surface area (Å²) in [5, 5.41) is 0. The number of fused-ring (bicyclic) bond motifs is 1. The molecule has 2 aliphatic rings. The van der Waals surface area contributed by atoms with E-state index in [9.17, 15) is 14.4 Å². The summed E-state index contributed by atoms with van der Waals surface area (Å²) in [6.45, 7) is 14.7. The van der Waals surface area contributed by atoms with Gasteiger partial charge in [-0.15, -0.1) is 0 Å². The fourth-order valence-electron chi connectivity index (χ4n) is 4.09. The second kappa shape index (κ2) is 7.06. The zero-order chi connectivity index (χ0) is 20.8. The molecule has 5 heteroatoms. The van der Waals surface area contributed by atoms with E-state index >= 15 is 0 Å². The quantitative estimate of drug-likeness (QED) is 0.411. The Labute approximate surface area is 162 Å². The Bertz CT molecular complexity index is 619. The van der Waals surface area contributed by atoms with Gasteiger partial charge in [-0.2, -0.15) is 0 Å². The predicted octanol–water partition coefficient (Wildman–Crippen LogP) is 4.09. The molecule has 0 radical (unpaired) electrons. The molecule has 0 heterocycles. The van der Waals surface area contributed by atoms with Crippen LogP contribution in [0.4, 0.5) is 0 Å². The fraction of sp³-hybridized carbons (Fsp3) is 0.773. The molecule has 0 spiro atoms. The van der Waals surface area contributed by atoms with Crippen LogP contribution in [-0.2, 0) is 23.9 Å². The van der Waals surface area contributed by atoms with E-state index in [-0.39, 0.29) is 36.4 Å². The number of carbonyl (C=O) groups is 3. The van der Waals surface area contributed by atoms with Crippen LogP contribution in [0.2, 0.25) is 0 Å². The lowest BCUT2D eigenvalue weighted by Gasteiger charge is -2.45. The van der Waals surface area contributed by atoms with E-state index in [1.807, 2.05) is 6.08 Å². The molecule has 2 rings (SSSR count). The molecule has 27 heavy (non-hydrogen) atoms. The normalized spacial score (nSPS) is 30.4. The van der Waals surface area contributed by atoms with Crippen molar-refractivity contribution >= 4 is 17.7 Å². The average molecular weight is 379 g/mol. The molecule has 1 saturated carbocycles. The highest BCUT2D eigenvalue weighted by Gasteiger charge is 2.59. The van der Waals surface area contributed by atoms with E-state index in [4.69, 9.17) is 9.47 Å². The third-order valence-corrected chi connectivity index (χ3v) is 5.53. The minimum atomic E-state index is -1.58. The second-order valence-corrected chi connectivity index (χ2v) is 10.2. The topological polar surface area (TPSA) is 69.7 Å². The van der Waals surface area contributed by atoms with Gasteiger partial charge in [0, 0.05) is 12.3 Å². The number of allylic oxidation sites excluding steroid dienone is 2. The van der Waals surface area contributed by atoms with Crippen molar-refractivity contribution in [3.05, 3.63) is 12.2 Å². The van der Waals surface area contributed by atoms with Crippen molar-refractivity contribution in [2.24, 2.45) is 29.1 Å². The highest BCUT2D eigenvalue weighted by molar-refractivity contribution is 6.05. The van der Waals surface area contributed by atoms with Crippen molar-refractivity contribution in [2.75, 3.05) is 0 Å². The van der Waals surface area contributed by atoms with E-state index in [2.05, 4.69) is 19.9 Å². The SMILES string of the molecule is C[C@@H]1[C@H]2C(=O)CC(C(=O)OC(C)(C)C)(C(=O)OC(C)(C)C)C[C@@H]2C=C[C@@H]1C. The summed E-state index contributed by atoms with van der Waals surface area (Å²) in [5.74, 6) is -1.20. The number of ether oxygens (including phenoxy) is 2. The summed E-state index contributed by atoms with van der Waals surface area (Å²) in [5.41, 5.74) is -3.09.